The van der Waals surface area contributed by atoms with Gasteiger partial charge in [0.05, 0.1) is 19.9 Å². The number of nitrogens with two attached hydrogens (primary N) is 2. The van der Waals surface area contributed by atoms with Crippen LogP contribution in [0.2, 0.25) is 0 Å². The number of benzene rings is 2. The lowest BCUT2D eigenvalue weighted by molar-refractivity contribution is 0.297. The molecule has 0 fully saturated rings. The Kier molecular flexibility index (Phi) is 5.99. The molecule has 23 heavy (non-hydrogen) atoms. The van der Waals surface area contributed by atoms with Gasteiger partial charge in [0.15, 0.2) is 11.5 Å². The highest BCUT2D eigenvalue weighted by atomic mass is 16.5. The zero-order valence-electron chi connectivity index (χ0n) is 13.0. The van der Waals surface area contributed by atoms with Crippen molar-refractivity contribution in [2.24, 2.45) is 21.7 Å². The van der Waals surface area contributed by atoms with E-state index >= 15 is 0 Å². The number of ether oxygens (including phenoxy) is 2. The predicted octanol–water partition coefficient (Wildman–Crippen LogP) is 1.92. The summed E-state index contributed by atoms with van der Waals surface area (Å²) in [5.74, 6) is 1.14. The van der Waals surface area contributed by atoms with Gasteiger partial charge in [0.2, 0.25) is 5.96 Å². The molecule has 2 rings (SSSR count). The maximum atomic E-state index is 5.89. The third-order valence-corrected chi connectivity index (χ3v) is 3.08. The van der Waals surface area contributed by atoms with Crippen LogP contribution in [0.3, 0.4) is 0 Å². The fourth-order valence-corrected chi connectivity index (χ4v) is 2.02. The number of nitrogens with zero attached hydrogens (tertiary/aromatic N) is 2. The highest BCUT2D eigenvalue weighted by Crippen LogP contribution is 2.30. The maximum Gasteiger partial charge on any atom is 0.211 e. The lowest BCUT2D eigenvalue weighted by atomic mass is 10.1. The van der Waals surface area contributed by atoms with E-state index in [1.807, 2.05) is 36.4 Å². The first-order valence-corrected chi connectivity index (χ1v) is 7.16. The van der Waals surface area contributed by atoms with E-state index in [1.54, 1.807) is 7.11 Å². The van der Waals surface area contributed by atoms with Gasteiger partial charge in [-0.3, -0.25) is 0 Å². The monoisotopic (exact) mass is 312 g/mol. The Bertz CT molecular complexity index is 680. The summed E-state index contributed by atoms with van der Waals surface area (Å²) in [6.45, 7) is 0.521. The van der Waals surface area contributed by atoms with Crippen molar-refractivity contribution in [3.05, 3.63) is 59.7 Å². The van der Waals surface area contributed by atoms with Crippen molar-refractivity contribution < 1.29 is 9.47 Å². The number of hydrogen-bond acceptors (Lipinski definition) is 4. The molecule has 0 saturated heterocycles. The summed E-state index contributed by atoms with van der Waals surface area (Å²) in [4.78, 5) is 0. The molecule has 0 aromatic heterocycles. The third-order valence-electron chi connectivity index (χ3n) is 3.08. The summed E-state index contributed by atoms with van der Waals surface area (Å²) >= 11 is 0. The standard InChI is InChI=1S/C17H20N4O2/c1-22-15-9-5-8-14(12-20-21-17(18)19)16(15)23-11-10-13-6-3-2-4-7-13/h2-9,12H,10-11H2,1H3,(H4,18,19,21)/b20-12+. The van der Waals surface area contributed by atoms with Crippen molar-refractivity contribution >= 4 is 12.2 Å². The first-order chi connectivity index (χ1) is 11.2. The van der Waals surface area contributed by atoms with E-state index in [0.717, 1.165) is 12.0 Å². The fourth-order valence-electron chi connectivity index (χ4n) is 2.02. The molecule has 0 saturated carbocycles. The maximum absolute atomic E-state index is 5.89. The first-order valence-electron chi connectivity index (χ1n) is 7.16. The molecule has 0 spiro atoms. The van der Waals surface area contributed by atoms with Crippen molar-refractivity contribution in [2.75, 3.05) is 13.7 Å². The number of hydrogen-bond donors (Lipinski definition) is 2. The second kappa shape index (κ2) is 8.43. The summed E-state index contributed by atoms with van der Waals surface area (Å²) < 4.78 is 11.2. The van der Waals surface area contributed by atoms with Crippen molar-refractivity contribution in [2.45, 2.75) is 6.42 Å². The smallest absolute Gasteiger partial charge is 0.211 e. The molecule has 2 aromatic rings. The van der Waals surface area contributed by atoms with E-state index in [4.69, 9.17) is 20.9 Å². The highest BCUT2D eigenvalue weighted by Gasteiger charge is 2.09. The van der Waals surface area contributed by atoms with Crippen LogP contribution in [0.25, 0.3) is 0 Å². The molecule has 0 unspecified atom stereocenters. The minimum absolute atomic E-state index is 0.101. The summed E-state index contributed by atoms with van der Waals surface area (Å²) in [5, 5.41) is 7.41. The van der Waals surface area contributed by atoms with Crippen LogP contribution < -0.4 is 20.9 Å². The van der Waals surface area contributed by atoms with E-state index < -0.39 is 0 Å². The number of guanidine groups is 1. The van der Waals surface area contributed by atoms with Gasteiger partial charge in [-0.05, 0) is 17.7 Å². The SMILES string of the molecule is COc1cccc(/C=N/N=C(N)N)c1OCCc1ccccc1. The molecule has 0 radical (unpaired) electrons. The van der Waals surface area contributed by atoms with Crippen molar-refractivity contribution in [3.63, 3.8) is 0 Å². The van der Waals surface area contributed by atoms with Gasteiger partial charge < -0.3 is 20.9 Å². The van der Waals surface area contributed by atoms with Gasteiger partial charge in [0.1, 0.15) is 0 Å². The van der Waals surface area contributed by atoms with Crippen LogP contribution in [-0.4, -0.2) is 25.9 Å². The van der Waals surface area contributed by atoms with Crippen LogP contribution in [0, 0.1) is 0 Å². The van der Waals surface area contributed by atoms with Crippen LogP contribution in [0.5, 0.6) is 11.5 Å². The summed E-state index contributed by atoms with van der Waals surface area (Å²) in [5.41, 5.74) is 12.5. The average molecular weight is 312 g/mol. The molecular weight excluding hydrogens is 292 g/mol. The highest BCUT2D eigenvalue weighted by molar-refractivity contribution is 5.86. The lowest BCUT2D eigenvalue weighted by Gasteiger charge is -2.13. The van der Waals surface area contributed by atoms with Gasteiger partial charge in [0.25, 0.3) is 0 Å². The van der Waals surface area contributed by atoms with E-state index in [9.17, 15) is 0 Å². The van der Waals surface area contributed by atoms with E-state index in [0.29, 0.717) is 18.1 Å². The van der Waals surface area contributed by atoms with Gasteiger partial charge in [-0.1, -0.05) is 36.4 Å². The Balaban J connectivity index is 2.11. The number of methoxy groups -OCH3 is 1. The molecule has 0 amide bonds. The fraction of sp³-hybridized carbons (Fsp3) is 0.176. The molecule has 0 atom stereocenters. The molecule has 0 aliphatic rings. The molecular formula is C17H20N4O2. The molecule has 0 aliphatic carbocycles. The third kappa shape index (κ3) is 5.03. The minimum atomic E-state index is -0.101. The van der Waals surface area contributed by atoms with Crippen molar-refractivity contribution in [1.29, 1.82) is 0 Å². The van der Waals surface area contributed by atoms with Crippen LogP contribution in [-0.2, 0) is 6.42 Å². The van der Waals surface area contributed by atoms with E-state index in [1.165, 1.54) is 11.8 Å². The molecule has 2 aromatic carbocycles. The van der Waals surface area contributed by atoms with Gasteiger partial charge >= 0.3 is 0 Å². The van der Waals surface area contributed by atoms with Gasteiger partial charge in [-0.15, -0.1) is 5.10 Å². The Hall–Kier alpha value is -3.02. The van der Waals surface area contributed by atoms with Gasteiger partial charge in [0, 0.05) is 12.0 Å². The molecule has 4 N–H and O–H groups in total. The zero-order chi connectivity index (χ0) is 16.5. The normalized spacial score (nSPS) is 10.5. The van der Waals surface area contributed by atoms with Crippen LogP contribution in [0.15, 0.2) is 58.7 Å². The molecule has 120 valence electrons. The second-order valence-corrected chi connectivity index (χ2v) is 4.73. The Morgan fingerprint density at radius 1 is 1.09 bits per heavy atom. The van der Waals surface area contributed by atoms with Crippen molar-refractivity contribution in [1.82, 2.24) is 0 Å². The molecule has 0 heterocycles. The van der Waals surface area contributed by atoms with Gasteiger partial charge in [-0.2, -0.15) is 5.10 Å². The minimum Gasteiger partial charge on any atom is -0.493 e. The van der Waals surface area contributed by atoms with Gasteiger partial charge in [-0.25, -0.2) is 0 Å². The first kappa shape index (κ1) is 16.4. The Morgan fingerprint density at radius 3 is 2.57 bits per heavy atom. The Labute approximate surface area is 135 Å². The van der Waals surface area contributed by atoms with Crippen molar-refractivity contribution in [3.8, 4) is 11.5 Å². The molecule has 6 heteroatoms. The summed E-state index contributed by atoms with van der Waals surface area (Å²) in [6.07, 6.45) is 2.32. The van der Waals surface area contributed by atoms with Crippen LogP contribution >= 0.6 is 0 Å². The zero-order valence-corrected chi connectivity index (χ0v) is 13.0. The Morgan fingerprint density at radius 2 is 1.87 bits per heavy atom. The van der Waals surface area contributed by atoms with Crippen LogP contribution in [0.4, 0.5) is 0 Å². The average Bonchev–Trinajstić information content (AvgIpc) is 2.56. The number of rotatable bonds is 7. The quantitative estimate of drug-likeness (QED) is 0.464. The summed E-state index contributed by atoms with van der Waals surface area (Å²) in [7, 11) is 1.59. The van der Waals surface area contributed by atoms with E-state index in [-0.39, 0.29) is 5.96 Å². The number of para-hydroxylation sites is 1. The molecule has 0 bridgehead atoms. The molecule has 0 aliphatic heterocycles. The van der Waals surface area contributed by atoms with Crippen LogP contribution in [0.1, 0.15) is 11.1 Å². The lowest BCUT2D eigenvalue weighted by Crippen LogP contribution is -2.21. The topological polar surface area (TPSA) is 95.2 Å². The molecule has 6 nitrogen and oxygen atoms in total. The second-order valence-electron chi connectivity index (χ2n) is 4.73. The predicted molar refractivity (Wildman–Crippen MR) is 92.0 cm³/mol. The van der Waals surface area contributed by atoms with E-state index in [2.05, 4.69) is 22.3 Å². The largest absolute Gasteiger partial charge is 0.493 e. The summed E-state index contributed by atoms with van der Waals surface area (Å²) in [6, 6.07) is 15.7.